The zero-order valence-electron chi connectivity index (χ0n) is 18.9. The van der Waals surface area contributed by atoms with E-state index in [0.717, 1.165) is 23.8 Å². The van der Waals surface area contributed by atoms with Crippen LogP contribution in [0.25, 0.3) is 0 Å². The van der Waals surface area contributed by atoms with E-state index in [-0.39, 0.29) is 5.91 Å². The number of piperazine rings is 1. The topological polar surface area (TPSA) is 67.8 Å². The summed E-state index contributed by atoms with van der Waals surface area (Å²) in [5, 5.41) is 0.386. The third-order valence-corrected chi connectivity index (χ3v) is 5.54. The zero-order valence-corrected chi connectivity index (χ0v) is 19.7. The molecule has 7 nitrogen and oxygen atoms in total. The number of carbonyl (C=O) groups excluding carboxylic acids is 1. The van der Waals surface area contributed by atoms with Gasteiger partial charge in [-0.25, -0.2) is 9.97 Å². The maximum atomic E-state index is 13.1. The second-order valence-corrected chi connectivity index (χ2v) is 8.62. The second-order valence-electron chi connectivity index (χ2n) is 8.21. The van der Waals surface area contributed by atoms with Gasteiger partial charge in [-0.15, -0.1) is 0 Å². The lowest BCUT2D eigenvalue weighted by Crippen LogP contribution is -2.49. The summed E-state index contributed by atoms with van der Waals surface area (Å²) in [4.78, 5) is 26.0. The maximum Gasteiger partial charge on any atom is 0.254 e. The van der Waals surface area contributed by atoms with Gasteiger partial charge < -0.3 is 19.3 Å². The first-order valence-electron chi connectivity index (χ1n) is 10.6. The molecule has 2 heterocycles. The van der Waals surface area contributed by atoms with Crippen molar-refractivity contribution in [3.63, 3.8) is 0 Å². The maximum absolute atomic E-state index is 13.1. The van der Waals surface area contributed by atoms with Crippen molar-refractivity contribution >= 4 is 23.3 Å². The van der Waals surface area contributed by atoms with Crippen molar-refractivity contribution in [1.29, 1.82) is 0 Å². The molecule has 0 saturated carbocycles. The van der Waals surface area contributed by atoms with E-state index in [4.69, 9.17) is 21.1 Å². The fourth-order valence-corrected chi connectivity index (χ4v) is 3.83. The van der Waals surface area contributed by atoms with Crippen molar-refractivity contribution < 1.29 is 14.3 Å². The van der Waals surface area contributed by atoms with Gasteiger partial charge in [0, 0.05) is 43.5 Å². The molecule has 0 radical (unpaired) electrons. The van der Waals surface area contributed by atoms with Gasteiger partial charge in [0.1, 0.15) is 11.6 Å². The van der Waals surface area contributed by atoms with Crippen molar-refractivity contribution in [2.24, 2.45) is 5.92 Å². The van der Waals surface area contributed by atoms with E-state index in [1.807, 2.05) is 24.8 Å². The quantitative estimate of drug-likeness (QED) is 0.636. The first kappa shape index (κ1) is 23.1. The molecule has 1 amide bonds. The predicted molar refractivity (Wildman–Crippen MR) is 123 cm³/mol. The highest BCUT2D eigenvalue weighted by Crippen LogP contribution is 2.37. The third kappa shape index (κ3) is 5.79. The van der Waals surface area contributed by atoms with Crippen LogP contribution in [0.4, 0.5) is 5.82 Å². The normalized spacial score (nSPS) is 14.2. The van der Waals surface area contributed by atoms with Crippen molar-refractivity contribution in [3.05, 3.63) is 40.3 Å². The minimum absolute atomic E-state index is 0.0661. The molecule has 8 heteroatoms. The van der Waals surface area contributed by atoms with Crippen LogP contribution in [0.5, 0.6) is 11.5 Å². The van der Waals surface area contributed by atoms with E-state index >= 15 is 0 Å². The molecular formula is C23H31ClN4O3. The molecule has 31 heavy (non-hydrogen) atoms. The summed E-state index contributed by atoms with van der Waals surface area (Å²) in [7, 11) is 1.56. The SMILES string of the molecule is COc1cc(C(=O)N2CCN(c3cc(C)nc(C)n3)CC2)cc(Cl)c1OCCC(C)C. The zero-order chi connectivity index (χ0) is 22.5. The van der Waals surface area contributed by atoms with Crippen LogP contribution < -0.4 is 14.4 Å². The second kappa shape index (κ2) is 10.2. The van der Waals surface area contributed by atoms with Gasteiger partial charge in [-0.1, -0.05) is 25.4 Å². The molecule has 1 aliphatic rings. The minimum Gasteiger partial charge on any atom is -0.493 e. The Morgan fingerprint density at radius 3 is 2.45 bits per heavy atom. The van der Waals surface area contributed by atoms with E-state index in [2.05, 4.69) is 28.7 Å². The van der Waals surface area contributed by atoms with Crippen LogP contribution in [0.2, 0.25) is 5.02 Å². The van der Waals surface area contributed by atoms with Crippen LogP contribution in [-0.4, -0.2) is 60.7 Å². The molecule has 168 valence electrons. The average Bonchev–Trinajstić information content (AvgIpc) is 2.73. The summed E-state index contributed by atoms with van der Waals surface area (Å²) in [6.07, 6.45) is 0.913. The van der Waals surface area contributed by atoms with Gasteiger partial charge in [-0.05, 0) is 38.3 Å². The molecule has 0 aliphatic carbocycles. The Kier molecular flexibility index (Phi) is 7.59. The van der Waals surface area contributed by atoms with E-state index in [1.165, 1.54) is 0 Å². The fraction of sp³-hybridized carbons (Fsp3) is 0.522. The smallest absolute Gasteiger partial charge is 0.254 e. The van der Waals surface area contributed by atoms with E-state index in [9.17, 15) is 4.79 Å². The molecule has 1 aromatic heterocycles. The molecule has 3 rings (SSSR count). The van der Waals surface area contributed by atoms with Gasteiger partial charge in [0.25, 0.3) is 5.91 Å². The van der Waals surface area contributed by atoms with Crippen LogP contribution in [0, 0.1) is 19.8 Å². The molecule has 2 aromatic rings. The van der Waals surface area contributed by atoms with Crippen LogP contribution in [0.1, 0.15) is 42.1 Å². The number of aromatic nitrogens is 2. The Labute approximate surface area is 189 Å². The molecule has 0 atom stereocenters. The predicted octanol–water partition coefficient (Wildman–Crippen LogP) is 4.14. The average molecular weight is 447 g/mol. The van der Waals surface area contributed by atoms with Crippen LogP contribution in [-0.2, 0) is 0 Å². The molecule has 0 N–H and O–H groups in total. The van der Waals surface area contributed by atoms with Crippen LogP contribution >= 0.6 is 11.6 Å². The van der Waals surface area contributed by atoms with Crippen LogP contribution in [0.3, 0.4) is 0 Å². The van der Waals surface area contributed by atoms with E-state index < -0.39 is 0 Å². The van der Waals surface area contributed by atoms with Gasteiger partial charge in [-0.2, -0.15) is 0 Å². The monoisotopic (exact) mass is 446 g/mol. The van der Waals surface area contributed by atoms with Gasteiger partial charge in [-0.3, -0.25) is 4.79 Å². The lowest BCUT2D eigenvalue weighted by Gasteiger charge is -2.35. The number of hydrogen-bond donors (Lipinski definition) is 0. The van der Waals surface area contributed by atoms with Crippen molar-refractivity contribution in [2.45, 2.75) is 34.1 Å². The summed E-state index contributed by atoms with van der Waals surface area (Å²) in [6.45, 7) is 11.3. The van der Waals surface area contributed by atoms with Crippen molar-refractivity contribution in [2.75, 3.05) is 44.8 Å². The van der Waals surface area contributed by atoms with Crippen LogP contribution in [0.15, 0.2) is 18.2 Å². The lowest BCUT2D eigenvalue weighted by molar-refractivity contribution is 0.0746. The molecule has 0 bridgehead atoms. The number of methoxy groups -OCH3 is 1. The Morgan fingerprint density at radius 1 is 1.13 bits per heavy atom. The van der Waals surface area contributed by atoms with Gasteiger partial charge in [0.15, 0.2) is 11.5 Å². The Bertz CT molecular complexity index is 907. The molecule has 1 aromatic carbocycles. The van der Waals surface area contributed by atoms with E-state index in [0.29, 0.717) is 60.8 Å². The minimum atomic E-state index is -0.0661. The number of carbonyl (C=O) groups is 1. The first-order valence-corrected chi connectivity index (χ1v) is 11.0. The molecular weight excluding hydrogens is 416 g/mol. The molecule has 1 saturated heterocycles. The summed E-state index contributed by atoms with van der Waals surface area (Å²) >= 11 is 6.45. The van der Waals surface area contributed by atoms with Crippen molar-refractivity contribution in [1.82, 2.24) is 14.9 Å². The van der Waals surface area contributed by atoms with Gasteiger partial charge in [0.05, 0.1) is 18.7 Å². The third-order valence-electron chi connectivity index (χ3n) is 5.26. The summed E-state index contributed by atoms with van der Waals surface area (Å²) in [6, 6.07) is 5.36. The van der Waals surface area contributed by atoms with Gasteiger partial charge >= 0.3 is 0 Å². The van der Waals surface area contributed by atoms with Gasteiger partial charge in [0.2, 0.25) is 0 Å². The Hall–Kier alpha value is -2.54. The number of benzene rings is 1. The highest BCUT2D eigenvalue weighted by molar-refractivity contribution is 6.32. The Morgan fingerprint density at radius 2 is 1.84 bits per heavy atom. The highest BCUT2D eigenvalue weighted by atomic mass is 35.5. The number of nitrogens with zero attached hydrogens (tertiary/aromatic N) is 4. The number of rotatable bonds is 7. The Balaban J connectivity index is 1.68. The number of anilines is 1. The lowest BCUT2D eigenvalue weighted by atomic mass is 10.1. The number of hydrogen-bond acceptors (Lipinski definition) is 6. The number of amides is 1. The summed E-state index contributed by atoms with van der Waals surface area (Å²) in [5.41, 5.74) is 1.44. The standard InChI is InChI=1S/C23H31ClN4O3/c1-15(2)6-11-31-22-19(24)13-18(14-20(22)30-5)23(29)28-9-7-27(8-10-28)21-12-16(3)25-17(4)26-21/h12-15H,6-11H2,1-5H3. The summed E-state index contributed by atoms with van der Waals surface area (Å²) in [5.74, 6) is 3.09. The van der Waals surface area contributed by atoms with Crippen molar-refractivity contribution in [3.8, 4) is 11.5 Å². The number of aryl methyl sites for hydroxylation is 2. The largest absolute Gasteiger partial charge is 0.493 e. The molecule has 0 unspecified atom stereocenters. The number of ether oxygens (including phenoxy) is 2. The first-order chi connectivity index (χ1) is 14.8. The summed E-state index contributed by atoms with van der Waals surface area (Å²) < 4.78 is 11.3. The fourth-order valence-electron chi connectivity index (χ4n) is 3.56. The number of halogens is 1. The molecule has 1 aliphatic heterocycles. The van der Waals surface area contributed by atoms with E-state index in [1.54, 1.807) is 19.2 Å². The molecule has 0 spiro atoms. The highest BCUT2D eigenvalue weighted by Gasteiger charge is 2.25. The molecule has 1 fully saturated rings.